The Bertz CT molecular complexity index is 1250. The van der Waals surface area contributed by atoms with Crippen molar-refractivity contribution in [1.82, 2.24) is 0 Å². The molecule has 1 aliphatic heterocycles. The first kappa shape index (κ1) is 27.4. The summed E-state index contributed by atoms with van der Waals surface area (Å²) in [5, 5.41) is 0. The normalized spacial score (nSPS) is 49.1. The molecule has 6 rings (SSSR count). The van der Waals surface area contributed by atoms with Gasteiger partial charge in [0.1, 0.15) is 5.60 Å². The number of hydrogen-bond acceptors (Lipinski definition) is 3. The van der Waals surface area contributed by atoms with Crippen molar-refractivity contribution in [1.29, 1.82) is 0 Å². The predicted octanol–water partition coefficient (Wildman–Crippen LogP) is 8.27. The van der Waals surface area contributed by atoms with Crippen LogP contribution in [0.3, 0.4) is 0 Å². The van der Waals surface area contributed by atoms with Crippen LogP contribution < -0.4 is 0 Å². The molecule has 5 aliphatic carbocycles. The molecule has 0 N–H and O–H groups in total. The van der Waals surface area contributed by atoms with Crippen LogP contribution in [0, 0.1) is 50.9 Å². The van der Waals surface area contributed by atoms with Crippen LogP contribution in [0.4, 0.5) is 0 Å². The Labute approximate surface area is 236 Å². The van der Waals surface area contributed by atoms with Gasteiger partial charge in [0.2, 0.25) is 5.70 Å². The summed E-state index contributed by atoms with van der Waals surface area (Å²) in [4.78, 5) is 32.0. The fourth-order valence-corrected chi connectivity index (χ4v) is 11.5. The predicted molar refractivity (Wildman–Crippen MR) is 154 cm³/mol. The van der Waals surface area contributed by atoms with E-state index in [4.69, 9.17) is 11.3 Å². The van der Waals surface area contributed by atoms with Crippen molar-refractivity contribution in [2.45, 2.75) is 131 Å². The van der Waals surface area contributed by atoms with E-state index in [1.807, 2.05) is 26.0 Å². The second kappa shape index (κ2) is 7.96. The highest BCUT2D eigenvalue weighted by atomic mass is 16.5. The molecule has 39 heavy (non-hydrogen) atoms. The Morgan fingerprint density at radius 3 is 2.33 bits per heavy atom. The summed E-state index contributed by atoms with van der Waals surface area (Å²) in [5.74, 6) is 0.461. The van der Waals surface area contributed by atoms with Gasteiger partial charge in [0.15, 0.2) is 11.6 Å². The fraction of sp³-hybridized carbons (Fsp3) is 0.800. The van der Waals surface area contributed by atoms with E-state index in [1.165, 1.54) is 12.8 Å². The molecule has 4 nitrogen and oxygen atoms in total. The third-order valence-corrected chi connectivity index (χ3v) is 13.8. The lowest BCUT2D eigenvalue weighted by Crippen LogP contribution is -2.71. The van der Waals surface area contributed by atoms with Gasteiger partial charge in [0, 0.05) is 27.6 Å². The summed E-state index contributed by atoms with van der Waals surface area (Å²) in [7, 11) is 0. The first-order chi connectivity index (χ1) is 18.1. The number of hydrogen-bond donors (Lipinski definition) is 0. The molecule has 2 bridgehead atoms. The Morgan fingerprint density at radius 2 is 1.67 bits per heavy atom. The molecule has 0 amide bonds. The third-order valence-electron chi connectivity index (χ3n) is 13.8. The van der Waals surface area contributed by atoms with Gasteiger partial charge < -0.3 is 9.53 Å². The van der Waals surface area contributed by atoms with E-state index in [2.05, 4.69) is 46.4 Å². The average Bonchev–Trinajstić information content (AvgIpc) is 3.07. The van der Waals surface area contributed by atoms with E-state index in [9.17, 15) is 9.59 Å². The first-order valence-corrected chi connectivity index (χ1v) is 15.7. The summed E-state index contributed by atoms with van der Waals surface area (Å²) in [6.45, 7) is 25.9. The smallest absolute Gasteiger partial charge is 0.226 e. The van der Waals surface area contributed by atoms with E-state index < -0.39 is 16.4 Å². The molecule has 1 saturated heterocycles. The van der Waals surface area contributed by atoms with Crippen LogP contribution in [0.15, 0.2) is 23.4 Å². The number of ether oxygens (including phenoxy) is 1. The molecule has 0 aromatic rings. The van der Waals surface area contributed by atoms with Gasteiger partial charge in [-0.3, -0.25) is 4.79 Å². The second-order valence-corrected chi connectivity index (χ2v) is 16.3. The molecule has 1 heterocycles. The molecular formula is C35H49NO3. The Balaban J connectivity index is 1.57. The monoisotopic (exact) mass is 531 g/mol. The molecule has 8 atom stereocenters. The number of nitrogens with zero attached hydrogens (tertiary/aromatic N) is 1. The van der Waals surface area contributed by atoms with Gasteiger partial charge in [-0.25, -0.2) is 4.85 Å². The standard InChI is InChI=1S/C35H49NO3/c1-10-11-12-27-34-17-15-29(2,3)21-25(34)35(39-27)26(37)19-24-31(6)20-22(36-9)28(38)30(4,5)23(31)13-14-32(24,7)33(35,8)16-18-34/h19-20,23,25,27H,10-18,21H2,1-8H3/t23-,25+,27?,31-,32+,33-,34-,35+/m0/s1. The number of ketones is 2. The maximum absolute atomic E-state index is 14.9. The number of Topliss-reactive ketones (excluding diaryl/α,β-unsaturated/α-hetero) is 1. The number of fused-ring (bicyclic) bond motifs is 4. The van der Waals surface area contributed by atoms with Crippen molar-refractivity contribution < 1.29 is 14.3 Å². The zero-order valence-electron chi connectivity index (χ0n) is 25.6. The minimum Gasteiger partial charge on any atom is -0.362 e. The highest BCUT2D eigenvalue weighted by Crippen LogP contribution is 2.79. The zero-order valence-corrected chi connectivity index (χ0v) is 25.6. The van der Waals surface area contributed by atoms with Gasteiger partial charge >= 0.3 is 0 Å². The van der Waals surface area contributed by atoms with Gasteiger partial charge in [0.25, 0.3) is 0 Å². The molecule has 0 aromatic heterocycles. The number of carbonyl (C=O) groups is 2. The lowest BCUT2D eigenvalue weighted by Gasteiger charge is -2.69. The summed E-state index contributed by atoms with van der Waals surface area (Å²) in [5.41, 5.74) is -0.744. The van der Waals surface area contributed by atoms with Crippen molar-refractivity contribution in [3.8, 4) is 0 Å². The number of carbonyl (C=O) groups excluding carboxylic acids is 2. The van der Waals surface area contributed by atoms with Gasteiger partial charge in [-0.05, 0) is 74.2 Å². The zero-order chi connectivity index (χ0) is 28.4. The third kappa shape index (κ3) is 2.99. The highest BCUT2D eigenvalue weighted by Gasteiger charge is 2.81. The molecule has 212 valence electrons. The molecule has 1 spiro atoms. The minimum absolute atomic E-state index is 0.0428. The molecule has 4 heteroatoms. The number of rotatable bonds is 3. The van der Waals surface area contributed by atoms with Crippen LogP contribution in [0.2, 0.25) is 0 Å². The fourth-order valence-electron chi connectivity index (χ4n) is 11.5. The molecular weight excluding hydrogens is 482 g/mol. The number of allylic oxidation sites excluding steroid dienone is 3. The van der Waals surface area contributed by atoms with Crippen LogP contribution in [0.25, 0.3) is 4.85 Å². The number of unbranched alkanes of at least 4 members (excludes halogenated alkanes) is 1. The van der Waals surface area contributed by atoms with Gasteiger partial charge in [0.05, 0.1) is 12.7 Å². The maximum atomic E-state index is 14.9. The molecule has 0 radical (unpaired) electrons. The molecule has 1 unspecified atom stereocenters. The Hall–Kier alpha value is -1.73. The average molecular weight is 532 g/mol. The van der Waals surface area contributed by atoms with E-state index in [0.29, 0.717) is 0 Å². The summed E-state index contributed by atoms with van der Waals surface area (Å²) < 4.78 is 7.40. The lowest BCUT2D eigenvalue weighted by molar-refractivity contribution is -0.208. The molecule has 6 aliphatic rings. The van der Waals surface area contributed by atoms with E-state index in [1.54, 1.807) is 0 Å². The van der Waals surface area contributed by atoms with E-state index >= 15 is 0 Å². The summed E-state index contributed by atoms with van der Waals surface area (Å²) >= 11 is 0. The molecule has 3 saturated carbocycles. The Kier molecular flexibility index (Phi) is 5.60. The summed E-state index contributed by atoms with van der Waals surface area (Å²) in [6, 6.07) is 0. The first-order valence-electron chi connectivity index (χ1n) is 15.7. The van der Waals surface area contributed by atoms with Crippen molar-refractivity contribution >= 4 is 11.6 Å². The van der Waals surface area contributed by atoms with Gasteiger partial charge in [-0.15, -0.1) is 0 Å². The van der Waals surface area contributed by atoms with Crippen molar-refractivity contribution in [2.75, 3.05) is 0 Å². The highest BCUT2D eigenvalue weighted by molar-refractivity contribution is 6.04. The van der Waals surface area contributed by atoms with E-state index in [-0.39, 0.29) is 56.9 Å². The summed E-state index contributed by atoms with van der Waals surface area (Å²) in [6.07, 6.45) is 14.9. The van der Waals surface area contributed by atoms with Crippen LogP contribution >= 0.6 is 0 Å². The molecule has 4 fully saturated rings. The van der Waals surface area contributed by atoms with Crippen LogP contribution in [0.5, 0.6) is 0 Å². The van der Waals surface area contributed by atoms with Crippen LogP contribution in [0.1, 0.15) is 120 Å². The van der Waals surface area contributed by atoms with Crippen LogP contribution in [-0.2, 0) is 14.3 Å². The Morgan fingerprint density at radius 1 is 0.974 bits per heavy atom. The second-order valence-electron chi connectivity index (χ2n) is 16.3. The van der Waals surface area contributed by atoms with Crippen molar-refractivity contribution in [2.24, 2.45) is 44.3 Å². The molecule has 0 aromatic carbocycles. The minimum atomic E-state index is -0.783. The van der Waals surface area contributed by atoms with Gasteiger partial charge in [-0.1, -0.05) is 79.9 Å². The van der Waals surface area contributed by atoms with E-state index in [0.717, 1.165) is 56.9 Å². The van der Waals surface area contributed by atoms with Gasteiger partial charge in [-0.2, -0.15) is 0 Å². The van der Waals surface area contributed by atoms with Crippen molar-refractivity contribution in [3.63, 3.8) is 0 Å². The van der Waals surface area contributed by atoms with Crippen LogP contribution in [-0.4, -0.2) is 23.3 Å². The quantitative estimate of drug-likeness (QED) is 0.344. The SMILES string of the molecule is [C-]#[N+]C1=C[C@]2(C)C3=CC(=O)[C@]45OC(CCCC)[C@@]6(CCC(C)(C)C[C@H]64)CC[C@@]5(C)[C@]3(C)CC[C@H]2C(C)(C)C1=O. The topological polar surface area (TPSA) is 47.7 Å². The lowest BCUT2D eigenvalue weighted by atomic mass is 9.33. The maximum Gasteiger partial charge on any atom is 0.226 e. The largest absolute Gasteiger partial charge is 0.362 e. The van der Waals surface area contributed by atoms with Crippen molar-refractivity contribution in [3.05, 3.63) is 34.8 Å².